The molecule has 3 aliphatic heterocycles. The van der Waals surface area contributed by atoms with Crippen LogP contribution in [0.3, 0.4) is 0 Å². The fourth-order valence-corrected chi connectivity index (χ4v) is 7.82. The van der Waals surface area contributed by atoms with Crippen molar-refractivity contribution in [2.75, 3.05) is 50.6 Å². The molecule has 2 fully saturated rings. The van der Waals surface area contributed by atoms with E-state index in [1.807, 2.05) is 54.6 Å². The number of fused-ring (bicyclic) bond motifs is 2. The van der Waals surface area contributed by atoms with Crippen molar-refractivity contribution in [3.8, 4) is 22.8 Å². The second kappa shape index (κ2) is 18.6. The van der Waals surface area contributed by atoms with E-state index in [0.717, 1.165) is 16.5 Å². The molecule has 5 aromatic rings. The number of anilines is 2. The standard InChI is InChI=1S/C44H41N9O11/c1-2-35(56)51-22-26(53-40-37(39(45)46-24-47-40)38(50-53)25-11-13-28(14-12-25)64-27-7-4-3-5-8-27)21-32(51)44(60)63-20-19-61-17-18-62-23-34(55)48-30-10-6-9-29-36(30)43(59)52(42(29)58)31-15-16-33(54)49-41(31)57/h2-14,24,26,31-32H,1,15-23H2,(H,48,55)(H2,45,46,47)(H,49,54,57). The van der Waals surface area contributed by atoms with Crippen molar-refractivity contribution in [2.45, 2.75) is 37.4 Å². The highest BCUT2D eigenvalue weighted by Gasteiger charge is 2.46. The molecule has 3 atom stereocenters. The molecular formula is C44H41N9O11. The van der Waals surface area contributed by atoms with Crippen LogP contribution in [0, 0.1) is 0 Å². The van der Waals surface area contributed by atoms with Crippen LogP contribution < -0.4 is 21.1 Å². The predicted molar refractivity (Wildman–Crippen MR) is 225 cm³/mol. The Morgan fingerprint density at radius 1 is 0.891 bits per heavy atom. The third kappa shape index (κ3) is 8.76. The first-order chi connectivity index (χ1) is 31.0. The molecule has 0 radical (unpaired) electrons. The van der Waals surface area contributed by atoms with Crippen molar-refractivity contribution in [1.82, 2.24) is 34.9 Å². The number of esters is 1. The molecule has 2 aromatic heterocycles. The summed E-state index contributed by atoms with van der Waals surface area (Å²) in [4.78, 5) is 100. The molecule has 4 N–H and O–H groups in total. The van der Waals surface area contributed by atoms with Gasteiger partial charge in [-0.25, -0.2) is 19.4 Å². The Kier molecular flexibility index (Phi) is 12.5. The molecule has 0 aliphatic carbocycles. The van der Waals surface area contributed by atoms with Gasteiger partial charge in [-0.2, -0.15) is 5.10 Å². The number of nitrogens with two attached hydrogens (primary N) is 1. The maximum Gasteiger partial charge on any atom is 0.329 e. The van der Waals surface area contributed by atoms with Crippen molar-refractivity contribution < 1.29 is 52.5 Å². The number of amides is 6. The van der Waals surface area contributed by atoms with E-state index in [0.29, 0.717) is 28.2 Å². The highest BCUT2D eigenvalue weighted by atomic mass is 16.6. The molecule has 3 unspecified atom stereocenters. The van der Waals surface area contributed by atoms with Crippen LogP contribution in [0.25, 0.3) is 22.3 Å². The topological polar surface area (TPSA) is 257 Å². The van der Waals surface area contributed by atoms with Gasteiger partial charge in [0.15, 0.2) is 5.65 Å². The van der Waals surface area contributed by atoms with Crippen molar-refractivity contribution in [2.24, 2.45) is 0 Å². The van der Waals surface area contributed by atoms with Crippen LogP contribution in [0.4, 0.5) is 11.5 Å². The number of hydrogen-bond acceptors (Lipinski definition) is 15. The summed E-state index contributed by atoms with van der Waals surface area (Å²) >= 11 is 0. The summed E-state index contributed by atoms with van der Waals surface area (Å²) in [6.45, 7) is 3.17. The Morgan fingerprint density at radius 2 is 1.64 bits per heavy atom. The number of carbonyl (C=O) groups is 7. The number of para-hydroxylation sites is 1. The van der Waals surface area contributed by atoms with Gasteiger partial charge in [0.1, 0.15) is 54.6 Å². The lowest BCUT2D eigenvalue weighted by atomic mass is 10.0. The molecule has 3 aliphatic rings. The van der Waals surface area contributed by atoms with Crippen molar-refractivity contribution >= 4 is 64.0 Å². The number of ether oxygens (including phenoxy) is 4. The molecule has 2 saturated heterocycles. The van der Waals surface area contributed by atoms with Crippen molar-refractivity contribution in [1.29, 1.82) is 0 Å². The molecular weight excluding hydrogens is 831 g/mol. The number of nitrogen functional groups attached to an aromatic ring is 1. The maximum atomic E-state index is 13.4. The third-order valence-electron chi connectivity index (χ3n) is 10.8. The van der Waals surface area contributed by atoms with E-state index in [4.69, 9.17) is 29.8 Å². The number of aromatic nitrogens is 4. The number of rotatable bonds is 16. The van der Waals surface area contributed by atoms with Crippen LogP contribution in [0.1, 0.15) is 46.0 Å². The van der Waals surface area contributed by atoms with E-state index in [1.54, 1.807) is 4.68 Å². The van der Waals surface area contributed by atoms with E-state index < -0.39 is 66.1 Å². The van der Waals surface area contributed by atoms with Crippen LogP contribution in [0.15, 0.2) is 91.8 Å². The Labute approximate surface area is 364 Å². The zero-order valence-corrected chi connectivity index (χ0v) is 34.1. The van der Waals surface area contributed by atoms with Gasteiger partial charge in [0, 0.05) is 24.9 Å². The predicted octanol–water partition coefficient (Wildman–Crippen LogP) is 2.81. The monoisotopic (exact) mass is 871 g/mol. The van der Waals surface area contributed by atoms with Gasteiger partial charge in [-0.1, -0.05) is 30.8 Å². The van der Waals surface area contributed by atoms with Gasteiger partial charge < -0.3 is 34.9 Å². The van der Waals surface area contributed by atoms with Gasteiger partial charge in [-0.15, -0.1) is 0 Å². The number of nitrogens with zero attached hydrogens (tertiary/aromatic N) is 6. The maximum absolute atomic E-state index is 13.4. The van der Waals surface area contributed by atoms with E-state index in [2.05, 4.69) is 27.2 Å². The Morgan fingerprint density at radius 3 is 2.41 bits per heavy atom. The molecule has 0 spiro atoms. The van der Waals surface area contributed by atoms with E-state index in [-0.39, 0.29) is 74.9 Å². The van der Waals surface area contributed by atoms with Crippen molar-refractivity contribution in [3.63, 3.8) is 0 Å². The zero-order valence-electron chi connectivity index (χ0n) is 34.1. The van der Waals surface area contributed by atoms with E-state index >= 15 is 0 Å². The van der Waals surface area contributed by atoms with Crippen molar-refractivity contribution in [3.05, 3.63) is 103 Å². The minimum absolute atomic E-state index is 0.00429. The lowest BCUT2D eigenvalue weighted by Gasteiger charge is -2.27. The minimum Gasteiger partial charge on any atom is -0.462 e. The summed E-state index contributed by atoms with van der Waals surface area (Å²) in [5, 5.41) is 10.1. The second-order valence-corrected chi connectivity index (χ2v) is 14.8. The highest BCUT2D eigenvalue weighted by Crippen LogP contribution is 2.37. The summed E-state index contributed by atoms with van der Waals surface area (Å²) in [6.07, 6.45) is 2.59. The molecule has 0 saturated carbocycles. The van der Waals surface area contributed by atoms with E-state index in [1.165, 1.54) is 29.4 Å². The smallest absolute Gasteiger partial charge is 0.329 e. The molecule has 20 heteroatoms. The van der Waals surface area contributed by atoms with E-state index in [9.17, 15) is 33.6 Å². The first kappa shape index (κ1) is 42.8. The lowest BCUT2D eigenvalue weighted by molar-refractivity contribution is -0.153. The van der Waals surface area contributed by atoms with Gasteiger partial charge in [0.25, 0.3) is 11.8 Å². The molecule has 64 heavy (non-hydrogen) atoms. The zero-order chi connectivity index (χ0) is 44.9. The Balaban J connectivity index is 0.814. The first-order valence-corrected chi connectivity index (χ1v) is 20.2. The lowest BCUT2D eigenvalue weighted by Crippen LogP contribution is -2.54. The number of carbonyl (C=O) groups excluding carboxylic acids is 7. The van der Waals surface area contributed by atoms with Crippen LogP contribution in [0.5, 0.6) is 11.5 Å². The molecule has 5 heterocycles. The van der Waals surface area contributed by atoms with Gasteiger partial charge >= 0.3 is 5.97 Å². The van der Waals surface area contributed by atoms with Crippen LogP contribution >= 0.6 is 0 Å². The fourth-order valence-electron chi connectivity index (χ4n) is 7.82. The normalized spacial score (nSPS) is 18.2. The molecule has 0 bridgehead atoms. The van der Waals surface area contributed by atoms with Gasteiger partial charge in [-0.3, -0.25) is 39.0 Å². The molecule has 3 aromatic carbocycles. The summed E-state index contributed by atoms with van der Waals surface area (Å²) < 4.78 is 24.0. The number of hydrogen-bond donors (Lipinski definition) is 3. The fraction of sp³-hybridized carbons (Fsp3) is 0.273. The molecule has 20 nitrogen and oxygen atoms in total. The largest absolute Gasteiger partial charge is 0.462 e. The second-order valence-electron chi connectivity index (χ2n) is 14.8. The summed E-state index contributed by atoms with van der Waals surface area (Å²) in [5.74, 6) is -2.91. The van der Waals surface area contributed by atoms with Gasteiger partial charge in [-0.05, 0) is 61.0 Å². The van der Waals surface area contributed by atoms with Crippen LogP contribution in [0.2, 0.25) is 0 Å². The van der Waals surface area contributed by atoms with Gasteiger partial charge in [0.2, 0.25) is 23.6 Å². The first-order valence-electron chi connectivity index (χ1n) is 20.2. The number of likely N-dealkylation sites (tertiary alicyclic amines) is 1. The van der Waals surface area contributed by atoms with Gasteiger partial charge in [0.05, 0.1) is 48.1 Å². The SMILES string of the molecule is C=CC(=O)N1CC(n2nc(-c3ccc(Oc4ccccc4)cc3)c3c(N)ncnc32)CC1C(=O)OCCOCCOCC(=O)Nc1cccc2c1C(=O)N(C1CCC(=O)NC1=O)C2=O. The highest BCUT2D eigenvalue weighted by molar-refractivity contribution is 6.26. The van der Waals surface area contributed by atoms with Crippen LogP contribution in [-0.4, -0.2) is 123 Å². The average molecular weight is 872 g/mol. The number of imide groups is 2. The Hall–Kier alpha value is -7.84. The molecule has 8 rings (SSSR count). The molecule has 328 valence electrons. The summed E-state index contributed by atoms with van der Waals surface area (Å²) in [5.41, 5.74) is 8.05. The third-order valence-corrected chi connectivity index (χ3v) is 10.8. The number of nitrogens with one attached hydrogen (secondary N) is 2. The average Bonchev–Trinajstić information content (AvgIpc) is 3.98. The summed E-state index contributed by atoms with van der Waals surface area (Å²) in [6, 6.07) is 18.4. The minimum atomic E-state index is -1.15. The quantitative estimate of drug-likeness (QED) is 0.0558. The summed E-state index contributed by atoms with van der Waals surface area (Å²) in [7, 11) is 0. The Bertz CT molecular complexity index is 2670. The number of piperidine rings is 1. The number of benzene rings is 3. The molecule has 6 amide bonds. The van der Waals surface area contributed by atoms with Crippen LogP contribution in [-0.2, 0) is 38.2 Å².